The standard InChI is InChI=1S/C73H100F6N12O12/c1-17-42(4)60-69(101)86(12)45(7)64(96)91-34-31-53(91)68(100)88(14)55(38-46-23-21-41(3)22-24-46)67(99)84(10)40-57(92)80-52(30-27-48-35-50(75)59(51(76)36-48)73(77,78)79)65(97)87(13)54(37-47-25-28-49(74)29-26-47)63(95)82-72(32-19-20-33-72)71(103)90(16)61(43(5)18-2)70(102)89(15)56(66(98)83(8)9)39-58(93)85(11)44(6)62(94)81-60/h21-26,28-29,35-36,42-45,52-56,60-61H,17-20,27,30-34,37-40H2,1-16H3,(H,80,92)(H,81,94)(H,82,95)/t42-,43-,44-,45-,52-,53?,54-,55-,56-,60-,61-/m0/s1. The van der Waals surface area contributed by atoms with Crippen molar-refractivity contribution >= 4 is 70.9 Å². The molecule has 3 fully saturated rings. The molecule has 11 atom stereocenters. The van der Waals surface area contributed by atoms with Crippen molar-refractivity contribution in [2.45, 2.75) is 192 Å². The summed E-state index contributed by atoms with van der Waals surface area (Å²) in [6.07, 6.45) is -6.35. The summed E-state index contributed by atoms with van der Waals surface area (Å²) in [4.78, 5) is 188. The molecule has 6 rings (SSSR count). The number of nitrogens with one attached hydrogen (secondary N) is 3. The van der Waals surface area contributed by atoms with E-state index in [2.05, 4.69) is 16.0 Å². The minimum Gasteiger partial charge on any atom is -0.347 e. The third kappa shape index (κ3) is 19.4. The summed E-state index contributed by atoms with van der Waals surface area (Å²) in [6, 6.07) is -0.0486. The maximum atomic E-state index is 15.6. The van der Waals surface area contributed by atoms with Gasteiger partial charge in [0.2, 0.25) is 70.9 Å². The third-order valence-corrected chi connectivity index (χ3v) is 20.9. The fraction of sp³-hybridized carbons (Fsp3) is 0.589. The average molecular weight is 1450 g/mol. The monoisotopic (exact) mass is 1450 g/mol. The highest BCUT2D eigenvalue weighted by Gasteiger charge is 2.51. The van der Waals surface area contributed by atoms with Crippen LogP contribution in [0.1, 0.15) is 127 Å². The molecule has 3 aromatic rings. The van der Waals surface area contributed by atoms with Gasteiger partial charge in [0.05, 0.1) is 13.0 Å². The molecule has 0 aromatic heterocycles. The van der Waals surface area contributed by atoms with Crippen LogP contribution in [0.2, 0.25) is 0 Å². The van der Waals surface area contributed by atoms with E-state index in [1.807, 2.05) is 6.92 Å². The Kier molecular flexibility index (Phi) is 28.1. The number of amides is 12. The minimum absolute atomic E-state index is 0.00375. The Morgan fingerprint density at radius 2 is 1.17 bits per heavy atom. The summed E-state index contributed by atoms with van der Waals surface area (Å²) < 4.78 is 86.4. The van der Waals surface area contributed by atoms with Crippen LogP contribution < -0.4 is 16.0 Å². The Morgan fingerprint density at radius 3 is 1.69 bits per heavy atom. The van der Waals surface area contributed by atoms with Crippen LogP contribution in [0.4, 0.5) is 26.3 Å². The first-order valence-electron chi connectivity index (χ1n) is 34.8. The van der Waals surface area contributed by atoms with Crippen LogP contribution in [0.25, 0.3) is 0 Å². The molecule has 2 aliphatic heterocycles. The lowest BCUT2D eigenvalue weighted by atomic mass is 9.90. The van der Waals surface area contributed by atoms with Crippen molar-refractivity contribution in [2.75, 3.05) is 76.5 Å². The lowest BCUT2D eigenvalue weighted by Gasteiger charge is -2.45. The molecule has 0 radical (unpaired) electrons. The van der Waals surface area contributed by atoms with Gasteiger partial charge in [-0.25, -0.2) is 13.2 Å². The van der Waals surface area contributed by atoms with Crippen LogP contribution in [-0.2, 0) is 83.0 Å². The first-order chi connectivity index (χ1) is 48.1. The number of hydrogen-bond donors (Lipinski definition) is 3. The first-order valence-corrected chi connectivity index (χ1v) is 34.8. The molecule has 3 aliphatic rings. The van der Waals surface area contributed by atoms with Crippen LogP contribution >= 0.6 is 0 Å². The first kappa shape index (κ1) is 82.8. The maximum Gasteiger partial charge on any atom is 0.422 e. The molecule has 1 aliphatic carbocycles. The van der Waals surface area contributed by atoms with Crippen molar-refractivity contribution in [1.29, 1.82) is 0 Å². The summed E-state index contributed by atoms with van der Waals surface area (Å²) in [5.41, 5.74) is -2.65. The van der Waals surface area contributed by atoms with Gasteiger partial charge < -0.3 is 60.0 Å². The molecule has 3 N–H and O–H groups in total. The summed E-state index contributed by atoms with van der Waals surface area (Å²) in [5.74, 6) is -15.6. The number of carbonyl (C=O) groups excluding carboxylic acids is 12. The van der Waals surface area contributed by atoms with Crippen molar-refractivity contribution in [2.24, 2.45) is 11.8 Å². The lowest BCUT2D eigenvalue weighted by Crippen LogP contribution is -2.65. The second-order valence-electron chi connectivity index (χ2n) is 28.2. The Morgan fingerprint density at radius 1 is 0.621 bits per heavy atom. The van der Waals surface area contributed by atoms with Crippen LogP contribution in [0, 0.1) is 36.2 Å². The fourth-order valence-corrected chi connectivity index (χ4v) is 13.4. The maximum absolute atomic E-state index is 15.6. The number of halogens is 6. The van der Waals surface area contributed by atoms with Crippen LogP contribution in [0.3, 0.4) is 0 Å². The largest absolute Gasteiger partial charge is 0.422 e. The third-order valence-electron chi connectivity index (χ3n) is 20.9. The Hall–Kier alpha value is -9.12. The number of rotatable bonds is 12. The van der Waals surface area contributed by atoms with Crippen molar-refractivity contribution in [1.82, 2.24) is 60.0 Å². The molecule has 0 bridgehead atoms. The number of benzene rings is 3. The van der Waals surface area contributed by atoms with Crippen molar-refractivity contribution in [3.05, 3.63) is 106 Å². The van der Waals surface area contributed by atoms with E-state index in [1.54, 1.807) is 52.0 Å². The highest BCUT2D eigenvalue weighted by molar-refractivity contribution is 6.01. The number of aryl methyl sites for hydroxylation is 2. The predicted octanol–water partition coefficient (Wildman–Crippen LogP) is 4.89. The van der Waals surface area contributed by atoms with Gasteiger partial charge in [-0.1, -0.05) is 95.3 Å². The number of fused-ring (bicyclic) bond motifs is 1. The molecule has 3 aromatic carbocycles. The van der Waals surface area contributed by atoms with E-state index in [9.17, 15) is 55.9 Å². The van der Waals surface area contributed by atoms with E-state index in [1.165, 1.54) is 99.2 Å². The van der Waals surface area contributed by atoms with Gasteiger partial charge in [-0.15, -0.1) is 0 Å². The highest BCUT2D eigenvalue weighted by atomic mass is 19.4. The van der Waals surface area contributed by atoms with Gasteiger partial charge in [0.15, 0.2) is 0 Å². The zero-order chi connectivity index (χ0) is 77.2. The Balaban J connectivity index is 1.49. The molecule has 103 heavy (non-hydrogen) atoms. The van der Waals surface area contributed by atoms with E-state index < -0.39 is 204 Å². The van der Waals surface area contributed by atoms with E-state index in [4.69, 9.17) is 0 Å². The molecular formula is C73H100F6N12O12. The molecule has 566 valence electrons. The zero-order valence-corrected chi connectivity index (χ0v) is 61.7. The van der Waals surface area contributed by atoms with Gasteiger partial charge in [-0.2, -0.15) is 13.2 Å². The number of hydrogen-bond acceptors (Lipinski definition) is 12. The topological polar surface area (TPSA) is 270 Å². The van der Waals surface area contributed by atoms with Crippen LogP contribution in [0.5, 0.6) is 0 Å². The van der Waals surface area contributed by atoms with Gasteiger partial charge in [-0.05, 0) is 106 Å². The summed E-state index contributed by atoms with van der Waals surface area (Å²) in [5, 5.41) is 8.23. The summed E-state index contributed by atoms with van der Waals surface area (Å²) in [7, 11) is 11.9. The molecule has 24 nitrogen and oxygen atoms in total. The normalized spacial score (nSPS) is 25.0. The lowest BCUT2D eigenvalue weighted by molar-refractivity contribution is -0.160. The molecule has 12 amide bonds. The van der Waals surface area contributed by atoms with Gasteiger partial charge >= 0.3 is 6.18 Å². The van der Waals surface area contributed by atoms with Crippen LogP contribution in [-0.4, -0.2) is 251 Å². The van der Waals surface area contributed by atoms with Crippen molar-refractivity contribution < 1.29 is 83.9 Å². The van der Waals surface area contributed by atoms with Crippen molar-refractivity contribution in [3.63, 3.8) is 0 Å². The number of carbonyl (C=O) groups is 12. The van der Waals surface area contributed by atoms with E-state index in [-0.39, 0.29) is 49.8 Å². The average Bonchev–Trinajstić information content (AvgIpc) is 1.71. The molecule has 1 spiro atoms. The molecule has 1 unspecified atom stereocenters. The highest BCUT2D eigenvalue weighted by Crippen LogP contribution is 2.36. The van der Waals surface area contributed by atoms with Gasteiger partial charge in [0.25, 0.3) is 0 Å². The van der Waals surface area contributed by atoms with Gasteiger partial charge in [0.1, 0.15) is 82.9 Å². The van der Waals surface area contributed by atoms with Gasteiger partial charge in [-0.3, -0.25) is 57.5 Å². The molecular weight excluding hydrogens is 1350 g/mol. The number of likely N-dealkylation sites (N-methyl/N-ethyl adjacent to an activating group) is 8. The van der Waals surface area contributed by atoms with Crippen molar-refractivity contribution in [3.8, 4) is 0 Å². The van der Waals surface area contributed by atoms with Gasteiger partial charge in [0, 0.05) is 82.8 Å². The fourth-order valence-electron chi connectivity index (χ4n) is 13.4. The Labute approximate surface area is 598 Å². The second kappa shape index (κ2) is 34.9. The second-order valence-corrected chi connectivity index (χ2v) is 28.2. The SMILES string of the molecule is CC[C@H](C)[C@@H]1NC(=O)[C@H](C)N(C)C(=O)C[C@@H](C(=O)N(C)C)N(C)C(=O)[C@H]([C@@H](C)CC)N(C)C(=O)C2(CCCC2)NC(=O)[C@H](Cc2ccc(F)cc2)N(C)C(=O)[C@H](CCc2cc(F)c(C(F)(F)F)c(F)c2)NC(=O)CN(C)C(=O)[C@H](Cc2ccc(C)cc2)N(C)C(=O)C2CCN2C(=O)[C@H](C)N(C)C1=O. The molecule has 2 heterocycles. The molecule has 1 saturated carbocycles. The zero-order valence-electron chi connectivity index (χ0n) is 61.7. The smallest absolute Gasteiger partial charge is 0.347 e. The quantitative estimate of drug-likeness (QED) is 0.205. The van der Waals surface area contributed by atoms with E-state index in [0.29, 0.717) is 37.0 Å². The number of alkyl halides is 3. The minimum atomic E-state index is -5.44. The summed E-state index contributed by atoms with van der Waals surface area (Å²) in [6.45, 7) is 10.8. The molecule has 2 saturated heterocycles. The molecule has 30 heteroatoms. The Bertz CT molecular complexity index is 3610. The van der Waals surface area contributed by atoms with E-state index >= 15 is 28.0 Å². The predicted molar refractivity (Wildman–Crippen MR) is 369 cm³/mol. The van der Waals surface area contributed by atoms with E-state index in [0.717, 1.165) is 52.0 Å². The number of nitrogens with zero attached hydrogens (tertiary/aromatic N) is 9. The summed E-state index contributed by atoms with van der Waals surface area (Å²) >= 11 is 0. The van der Waals surface area contributed by atoms with Crippen LogP contribution in [0.15, 0.2) is 60.7 Å².